The molecule has 0 atom stereocenters. The molecule has 0 saturated heterocycles. The van der Waals surface area contributed by atoms with Crippen molar-refractivity contribution in [2.75, 3.05) is 5.73 Å². The summed E-state index contributed by atoms with van der Waals surface area (Å²) in [4.78, 5) is 13.8. The van der Waals surface area contributed by atoms with E-state index in [9.17, 15) is 4.79 Å². The SMILES string of the molecule is Nc1cccc(-c2cccc(=O)[nH]2)c1. The van der Waals surface area contributed by atoms with Crippen LogP contribution in [0, 0.1) is 0 Å². The van der Waals surface area contributed by atoms with Crippen LogP contribution in [0.1, 0.15) is 0 Å². The maximum absolute atomic E-state index is 11.1. The summed E-state index contributed by atoms with van der Waals surface area (Å²) in [5.41, 5.74) is 7.92. The summed E-state index contributed by atoms with van der Waals surface area (Å²) in [5.74, 6) is 0. The van der Waals surface area contributed by atoms with Crippen LogP contribution in [0.4, 0.5) is 5.69 Å². The Kier molecular flexibility index (Phi) is 2.07. The Morgan fingerprint density at radius 3 is 2.57 bits per heavy atom. The Labute approximate surface area is 81.2 Å². The van der Waals surface area contributed by atoms with E-state index in [-0.39, 0.29) is 5.56 Å². The molecule has 0 radical (unpaired) electrons. The molecule has 0 aliphatic heterocycles. The van der Waals surface area contributed by atoms with Gasteiger partial charge in [0.05, 0.1) is 0 Å². The largest absolute Gasteiger partial charge is 0.399 e. The van der Waals surface area contributed by atoms with Crippen molar-refractivity contribution >= 4 is 5.69 Å². The highest BCUT2D eigenvalue weighted by atomic mass is 16.1. The van der Waals surface area contributed by atoms with Crippen LogP contribution < -0.4 is 11.3 Å². The average Bonchev–Trinajstić information content (AvgIpc) is 2.18. The lowest BCUT2D eigenvalue weighted by molar-refractivity contribution is 1.24. The van der Waals surface area contributed by atoms with Crippen molar-refractivity contribution in [3.8, 4) is 11.3 Å². The molecular formula is C11H10N2O. The molecule has 0 unspecified atom stereocenters. The van der Waals surface area contributed by atoms with Crippen molar-refractivity contribution in [3.63, 3.8) is 0 Å². The number of rotatable bonds is 1. The first-order valence-corrected chi connectivity index (χ1v) is 4.31. The Hall–Kier alpha value is -2.03. The zero-order valence-electron chi connectivity index (χ0n) is 7.53. The number of benzene rings is 1. The average molecular weight is 186 g/mol. The van der Waals surface area contributed by atoms with Gasteiger partial charge in [0.15, 0.2) is 0 Å². The van der Waals surface area contributed by atoms with Crippen molar-refractivity contribution in [3.05, 3.63) is 52.8 Å². The number of nitrogen functional groups attached to an aromatic ring is 1. The molecule has 3 heteroatoms. The minimum absolute atomic E-state index is 0.107. The maximum Gasteiger partial charge on any atom is 0.248 e. The van der Waals surface area contributed by atoms with E-state index in [0.717, 1.165) is 11.3 Å². The van der Waals surface area contributed by atoms with Gasteiger partial charge in [0.1, 0.15) is 0 Å². The lowest BCUT2D eigenvalue weighted by atomic mass is 10.1. The number of anilines is 1. The number of nitrogens with two attached hydrogens (primary N) is 1. The van der Waals surface area contributed by atoms with Crippen LogP contribution in [0.25, 0.3) is 11.3 Å². The summed E-state index contributed by atoms with van der Waals surface area (Å²) in [6.07, 6.45) is 0. The molecule has 0 saturated carbocycles. The molecule has 2 aromatic rings. The fraction of sp³-hybridized carbons (Fsp3) is 0. The van der Waals surface area contributed by atoms with Gasteiger partial charge < -0.3 is 10.7 Å². The van der Waals surface area contributed by atoms with Gasteiger partial charge in [-0.05, 0) is 18.2 Å². The van der Waals surface area contributed by atoms with Crippen molar-refractivity contribution in [2.24, 2.45) is 0 Å². The topological polar surface area (TPSA) is 58.9 Å². The smallest absolute Gasteiger partial charge is 0.248 e. The molecule has 1 aromatic heterocycles. The standard InChI is InChI=1S/C11H10N2O/c12-9-4-1-3-8(7-9)10-5-2-6-11(14)13-10/h1-7H,12H2,(H,13,14). The van der Waals surface area contributed by atoms with Gasteiger partial charge in [0.2, 0.25) is 5.56 Å². The predicted octanol–water partition coefficient (Wildman–Crippen LogP) is 1.62. The van der Waals surface area contributed by atoms with Crippen LogP contribution in [0.5, 0.6) is 0 Å². The highest BCUT2D eigenvalue weighted by Gasteiger charge is 1.97. The summed E-state index contributed by atoms with van der Waals surface area (Å²) in [6, 6.07) is 12.4. The molecule has 0 spiro atoms. The van der Waals surface area contributed by atoms with Crippen LogP contribution in [-0.4, -0.2) is 4.98 Å². The molecule has 1 aromatic carbocycles. The number of aromatic amines is 1. The molecule has 14 heavy (non-hydrogen) atoms. The molecular weight excluding hydrogens is 176 g/mol. The first-order chi connectivity index (χ1) is 6.75. The number of nitrogens with one attached hydrogen (secondary N) is 1. The summed E-state index contributed by atoms with van der Waals surface area (Å²) in [6.45, 7) is 0. The molecule has 0 fully saturated rings. The third-order valence-corrected chi connectivity index (χ3v) is 1.97. The molecule has 0 aliphatic rings. The summed E-state index contributed by atoms with van der Waals surface area (Å²) < 4.78 is 0. The van der Waals surface area contributed by atoms with Gasteiger partial charge in [-0.25, -0.2) is 0 Å². The van der Waals surface area contributed by atoms with Gasteiger partial charge in [-0.3, -0.25) is 4.79 Å². The highest BCUT2D eigenvalue weighted by Crippen LogP contribution is 2.17. The predicted molar refractivity (Wildman–Crippen MR) is 56.9 cm³/mol. The van der Waals surface area contributed by atoms with Gasteiger partial charge in [-0.2, -0.15) is 0 Å². The fourth-order valence-corrected chi connectivity index (χ4v) is 1.32. The lowest BCUT2D eigenvalue weighted by Crippen LogP contribution is -2.03. The number of hydrogen-bond acceptors (Lipinski definition) is 2. The minimum Gasteiger partial charge on any atom is -0.399 e. The fourth-order valence-electron chi connectivity index (χ4n) is 1.32. The van der Waals surface area contributed by atoms with E-state index in [4.69, 9.17) is 5.73 Å². The van der Waals surface area contributed by atoms with Crippen molar-refractivity contribution in [1.29, 1.82) is 0 Å². The number of pyridine rings is 1. The molecule has 0 amide bonds. The molecule has 3 N–H and O–H groups in total. The normalized spacial score (nSPS) is 10.0. The Balaban J connectivity index is 2.55. The second kappa shape index (κ2) is 3.38. The van der Waals surface area contributed by atoms with Crippen molar-refractivity contribution in [2.45, 2.75) is 0 Å². The highest BCUT2D eigenvalue weighted by molar-refractivity contribution is 5.63. The van der Waals surface area contributed by atoms with E-state index in [0.29, 0.717) is 5.69 Å². The van der Waals surface area contributed by atoms with E-state index in [1.807, 2.05) is 30.3 Å². The van der Waals surface area contributed by atoms with Gasteiger partial charge in [-0.15, -0.1) is 0 Å². The molecule has 1 heterocycles. The first kappa shape index (κ1) is 8.56. The quantitative estimate of drug-likeness (QED) is 0.665. The van der Waals surface area contributed by atoms with Gasteiger partial charge in [0.25, 0.3) is 0 Å². The van der Waals surface area contributed by atoms with E-state index >= 15 is 0 Å². The Bertz CT molecular complexity index is 502. The second-order valence-corrected chi connectivity index (χ2v) is 3.05. The number of hydrogen-bond donors (Lipinski definition) is 2. The van der Waals surface area contributed by atoms with E-state index < -0.39 is 0 Å². The zero-order chi connectivity index (χ0) is 9.97. The van der Waals surface area contributed by atoms with Crippen LogP contribution in [0.3, 0.4) is 0 Å². The molecule has 3 nitrogen and oxygen atoms in total. The molecule has 2 rings (SSSR count). The van der Waals surface area contributed by atoms with E-state index in [1.54, 1.807) is 6.07 Å². The molecule has 0 aliphatic carbocycles. The van der Waals surface area contributed by atoms with Gasteiger partial charge in [-0.1, -0.05) is 18.2 Å². The van der Waals surface area contributed by atoms with Gasteiger partial charge >= 0.3 is 0 Å². The van der Waals surface area contributed by atoms with Crippen LogP contribution in [0.15, 0.2) is 47.3 Å². The third kappa shape index (κ3) is 1.66. The number of H-pyrrole nitrogens is 1. The van der Waals surface area contributed by atoms with Crippen LogP contribution in [0.2, 0.25) is 0 Å². The maximum atomic E-state index is 11.1. The van der Waals surface area contributed by atoms with Crippen molar-refractivity contribution in [1.82, 2.24) is 4.98 Å². The van der Waals surface area contributed by atoms with E-state index in [2.05, 4.69) is 4.98 Å². The first-order valence-electron chi connectivity index (χ1n) is 4.31. The van der Waals surface area contributed by atoms with Crippen molar-refractivity contribution < 1.29 is 0 Å². The summed E-state index contributed by atoms with van der Waals surface area (Å²) in [7, 11) is 0. The van der Waals surface area contributed by atoms with Crippen LogP contribution >= 0.6 is 0 Å². The second-order valence-electron chi connectivity index (χ2n) is 3.05. The monoisotopic (exact) mass is 186 g/mol. The van der Waals surface area contributed by atoms with Gasteiger partial charge in [0, 0.05) is 23.0 Å². The number of aromatic nitrogens is 1. The summed E-state index contributed by atoms with van der Waals surface area (Å²) in [5, 5.41) is 0. The summed E-state index contributed by atoms with van der Waals surface area (Å²) >= 11 is 0. The zero-order valence-corrected chi connectivity index (χ0v) is 7.53. The Morgan fingerprint density at radius 2 is 1.86 bits per heavy atom. The van der Waals surface area contributed by atoms with Crippen LogP contribution in [-0.2, 0) is 0 Å². The third-order valence-electron chi connectivity index (χ3n) is 1.97. The molecule has 0 bridgehead atoms. The molecule has 70 valence electrons. The van der Waals surface area contributed by atoms with E-state index in [1.165, 1.54) is 6.07 Å². The minimum atomic E-state index is -0.107. The Morgan fingerprint density at radius 1 is 1.07 bits per heavy atom. The lowest BCUT2D eigenvalue weighted by Gasteiger charge is -2.01.